The summed E-state index contributed by atoms with van der Waals surface area (Å²) < 4.78 is 5.05. The predicted molar refractivity (Wildman–Crippen MR) is 71.0 cm³/mol. The van der Waals surface area contributed by atoms with Crippen molar-refractivity contribution >= 4 is 11.4 Å². The van der Waals surface area contributed by atoms with Gasteiger partial charge in [-0.3, -0.25) is 10.1 Å². The predicted octanol–water partition coefficient (Wildman–Crippen LogP) is 2.00. The molecule has 100 valence electrons. The Kier molecular flexibility index (Phi) is 4.91. The fourth-order valence-electron chi connectivity index (χ4n) is 1.60. The third-order valence-corrected chi connectivity index (χ3v) is 2.75. The molecule has 0 spiro atoms. The van der Waals surface area contributed by atoms with Crippen LogP contribution in [-0.4, -0.2) is 24.6 Å². The number of non-ortho nitro benzene ring substituents is 1. The minimum atomic E-state index is -0.444. The van der Waals surface area contributed by atoms with Crippen LogP contribution < -0.4 is 15.8 Å². The van der Waals surface area contributed by atoms with E-state index in [1.165, 1.54) is 19.2 Å². The summed E-state index contributed by atoms with van der Waals surface area (Å²) in [4.78, 5) is 10.4. The highest BCUT2D eigenvalue weighted by Crippen LogP contribution is 2.26. The van der Waals surface area contributed by atoms with E-state index < -0.39 is 4.92 Å². The fourth-order valence-corrected chi connectivity index (χ4v) is 1.60. The number of ether oxygens (including phenoxy) is 1. The summed E-state index contributed by atoms with van der Waals surface area (Å²) in [7, 11) is 1.48. The van der Waals surface area contributed by atoms with Crippen molar-refractivity contribution in [2.75, 3.05) is 19.0 Å². The summed E-state index contributed by atoms with van der Waals surface area (Å²) in [6.07, 6.45) is 0. The molecule has 0 aliphatic rings. The molecule has 1 aromatic carbocycles. The van der Waals surface area contributed by atoms with Gasteiger partial charge in [0.2, 0.25) is 0 Å². The van der Waals surface area contributed by atoms with E-state index in [1.54, 1.807) is 6.07 Å². The molecular weight excluding hydrogens is 234 g/mol. The number of nitro benzene ring substituents is 1. The molecule has 6 nitrogen and oxygen atoms in total. The van der Waals surface area contributed by atoms with Gasteiger partial charge in [-0.1, -0.05) is 13.8 Å². The van der Waals surface area contributed by atoms with Crippen molar-refractivity contribution in [2.24, 2.45) is 11.7 Å². The Morgan fingerprint density at radius 3 is 2.56 bits per heavy atom. The van der Waals surface area contributed by atoms with Crippen molar-refractivity contribution in [3.8, 4) is 5.75 Å². The molecule has 0 bridgehead atoms. The minimum Gasteiger partial charge on any atom is -0.496 e. The average molecular weight is 253 g/mol. The second kappa shape index (κ2) is 6.20. The van der Waals surface area contributed by atoms with E-state index in [9.17, 15) is 10.1 Å². The molecule has 0 aliphatic carbocycles. The van der Waals surface area contributed by atoms with Crippen LogP contribution in [0.4, 0.5) is 11.4 Å². The molecule has 6 heteroatoms. The third-order valence-electron chi connectivity index (χ3n) is 2.75. The monoisotopic (exact) mass is 253 g/mol. The lowest BCUT2D eigenvalue weighted by molar-refractivity contribution is -0.384. The fraction of sp³-hybridized carbons (Fsp3) is 0.500. The van der Waals surface area contributed by atoms with Crippen molar-refractivity contribution in [2.45, 2.75) is 19.9 Å². The molecule has 0 aromatic heterocycles. The van der Waals surface area contributed by atoms with Crippen LogP contribution in [0.25, 0.3) is 0 Å². The van der Waals surface area contributed by atoms with Gasteiger partial charge in [0.15, 0.2) is 0 Å². The molecule has 0 aliphatic heterocycles. The van der Waals surface area contributed by atoms with E-state index in [-0.39, 0.29) is 11.7 Å². The number of rotatable bonds is 6. The maximum atomic E-state index is 10.8. The van der Waals surface area contributed by atoms with Crippen LogP contribution in [0, 0.1) is 16.0 Å². The van der Waals surface area contributed by atoms with Crippen molar-refractivity contribution in [3.05, 3.63) is 28.3 Å². The summed E-state index contributed by atoms with van der Waals surface area (Å²) in [6.45, 7) is 4.54. The maximum Gasteiger partial charge on any atom is 0.275 e. The van der Waals surface area contributed by atoms with Crippen LogP contribution in [0.2, 0.25) is 0 Å². The third kappa shape index (κ3) is 3.59. The van der Waals surface area contributed by atoms with Crippen molar-refractivity contribution in [3.63, 3.8) is 0 Å². The Hall–Kier alpha value is -1.82. The Bertz CT molecular complexity index is 421. The number of benzene rings is 1. The van der Waals surface area contributed by atoms with E-state index >= 15 is 0 Å². The lowest BCUT2D eigenvalue weighted by atomic mass is 10.0. The molecule has 1 atom stereocenters. The van der Waals surface area contributed by atoms with Gasteiger partial charge in [-0.25, -0.2) is 0 Å². The second-order valence-corrected chi connectivity index (χ2v) is 4.41. The molecular formula is C12H19N3O3. The Balaban J connectivity index is 3.00. The van der Waals surface area contributed by atoms with Crippen molar-refractivity contribution < 1.29 is 9.66 Å². The molecule has 0 fully saturated rings. The standard InChI is InChI=1S/C12H19N3O3/c1-8(2)12(7-13)14-9-4-10(15(16)17)6-11(5-9)18-3/h4-6,8,12,14H,7,13H2,1-3H3. The molecule has 0 saturated heterocycles. The van der Waals surface area contributed by atoms with E-state index in [0.29, 0.717) is 23.9 Å². The average Bonchev–Trinajstić information content (AvgIpc) is 2.34. The number of anilines is 1. The van der Waals surface area contributed by atoms with Crippen LogP contribution in [-0.2, 0) is 0 Å². The molecule has 3 N–H and O–H groups in total. The zero-order valence-corrected chi connectivity index (χ0v) is 10.8. The molecule has 18 heavy (non-hydrogen) atoms. The highest BCUT2D eigenvalue weighted by Gasteiger charge is 2.15. The molecule has 0 amide bonds. The zero-order chi connectivity index (χ0) is 13.7. The Morgan fingerprint density at radius 1 is 1.44 bits per heavy atom. The first-order valence-corrected chi connectivity index (χ1v) is 5.78. The van der Waals surface area contributed by atoms with Crippen molar-refractivity contribution in [1.29, 1.82) is 0 Å². The number of nitrogens with two attached hydrogens (primary N) is 1. The quantitative estimate of drug-likeness (QED) is 0.597. The van der Waals surface area contributed by atoms with Gasteiger partial charge in [0.25, 0.3) is 5.69 Å². The van der Waals surface area contributed by atoms with Crippen LogP contribution in [0.5, 0.6) is 5.75 Å². The van der Waals surface area contributed by atoms with Crippen LogP contribution >= 0.6 is 0 Å². The zero-order valence-electron chi connectivity index (χ0n) is 10.8. The van der Waals surface area contributed by atoms with Gasteiger partial charge in [-0.05, 0) is 5.92 Å². The lowest BCUT2D eigenvalue weighted by Crippen LogP contribution is -2.33. The summed E-state index contributed by atoms with van der Waals surface area (Å²) in [6, 6.07) is 4.65. The largest absolute Gasteiger partial charge is 0.496 e. The lowest BCUT2D eigenvalue weighted by Gasteiger charge is -2.21. The number of methoxy groups -OCH3 is 1. The molecule has 1 rings (SSSR count). The first-order valence-electron chi connectivity index (χ1n) is 5.78. The summed E-state index contributed by atoms with van der Waals surface area (Å²) >= 11 is 0. The topological polar surface area (TPSA) is 90.4 Å². The van der Waals surface area contributed by atoms with Gasteiger partial charge in [0.1, 0.15) is 5.75 Å². The van der Waals surface area contributed by atoms with Crippen LogP contribution in [0.15, 0.2) is 18.2 Å². The van der Waals surface area contributed by atoms with E-state index in [4.69, 9.17) is 10.5 Å². The van der Waals surface area contributed by atoms with Crippen LogP contribution in [0.3, 0.4) is 0 Å². The second-order valence-electron chi connectivity index (χ2n) is 4.41. The van der Waals surface area contributed by atoms with E-state index in [1.807, 2.05) is 13.8 Å². The van der Waals surface area contributed by atoms with E-state index in [0.717, 1.165) is 0 Å². The summed E-state index contributed by atoms with van der Waals surface area (Å²) in [5.74, 6) is 0.784. The maximum absolute atomic E-state index is 10.8. The highest BCUT2D eigenvalue weighted by atomic mass is 16.6. The number of hydrogen-bond acceptors (Lipinski definition) is 5. The normalized spacial score (nSPS) is 12.3. The SMILES string of the molecule is COc1cc(NC(CN)C(C)C)cc([N+](=O)[O-])c1. The summed E-state index contributed by atoms with van der Waals surface area (Å²) in [5.41, 5.74) is 6.30. The number of nitrogens with one attached hydrogen (secondary N) is 1. The smallest absolute Gasteiger partial charge is 0.275 e. The summed E-state index contributed by atoms with van der Waals surface area (Å²) in [5, 5.41) is 14.0. The van der Waals surface area contributed by atoms with Crippen LogP contribution in [0.1, 0.15) is 13.8 Å². The minimum absolute atomic E-state index is 0.00335. The first-order chi connectivity index (χ1) is 8.47. The van der Waals surface area contributed by atoms with Gasteiger partial charge >= 0.3 is 0 Å². The van der Waals surface area contributed by atoms with Gasteiger partial charge in [-0.2, -0.15) is 0 Å². The number of nitrogens with zero attached hydrogens (tertiary/aromatic N) is 1. The van der Waals surface area contributed by atoms with Gasteiger partial charge in [0.05, 0.1) is 18.1 Å². The molecule has 1 unspecified atom stereocenters. The molecule has 1 aromatic rings. The van der Waals surface area contributed by atoms with Gasteiger partial charge < -0.3 is 15.8 Å². The Labute approximate surface area is 106 Å². The van der Waals surface area contributed by atoms with E-state index in [2.05, 4.69) is 5.32 Å². The first kappa shape index (κ1) is 14.2. The highest BCUT2D eigenvalue weighted by molar-refractivity contribution is 5.56. The van der Waals surface area contributed by atoms with Gasteiger partial charge in [-0.15, -0.1) is 0 Å². The van der Waals surface area contributed by atoms with Gasteiger partial charge in [0, 0.05) is 30.4 Å². The number of nitro groups is 1. The number of hydrogen-bond donors (Lipinski definition) is 2. The van der Waals surface area contributed by atoms with Crippen molar-refractivity contribution in [1.82, 2.24) is 0 Å². The molecule has 0 heterocycles. The molecule has 0 saturated carbocycles. The Morgan fingerprint density at radius 2 is 2.11 bits per heavy atom. The molecule has 0 radical (unpaired) electrons.